The summed E-state index contributed by atoms with van der Waals surface area (Å²) in [7, 11) is 0. The maximum absolute atomic E-state index is 9.60. The van der Waals surface area contributed by atoms with E-state index in [9.17, 15) is 5.26 Å². The van der Waals surface area contributed by atoms with E-state index in [0.29, 0.717) is 11.4 Å². The molecule has 1 aliphatic heterocycles. The highest BCUT2D eigenvalue weighted by molar-refractivity contribution is 6.13. The molecule has 0 radical (unpaired) electrons. The molecule has 1 N–H and O–H groups in total. The summed E-state index contributed by atoms with van der Waals surface area (Å²) in [5.41, 5.74) is 13.3. The van der Waals surface area contributed by atoms with Gasteiger partial charge in [-0.25, -0.2) is 9.98 Å². The van der Waals surface area contributed by atoms with Gasteiger partial charge in [-0.2, -0.15) is 5.26 Å². The average molecular weight is 655 g/mol. The van der Waals surface area contributed by atoms with Gasteiger partial charge in [0.05, 0.1) is 11.6 Å². The van der Waals surface area contributed by atoms with Gasteiger partial charge in [0.15, 0.2) is 5.84 Å². The fourth-order valence-electron chi connectivity index (χ4n) is 7.81. The minimum Gasteiger partial charge on any atom is -0.344 e. The van der Waals surface area contributed by atoms with Crippen molar-refractivity contribution in [3.8, 4) is 39.4 Å². The Morgan fingerprint density at radius 2 is 1.22 bits per heavy atom. The Labute approximate surface area is 298 Å². The monoisotopic (exact) mass is 654 g/mol. The first-order chi connectivity index (χ1) is 25.0. The van der Waals surface area contributed by atoms with Crippen LogP contribution in [-0.4, -0.2) is 11.7 Å². The zero-order valence-electron chi connectivity index (χ0n) is 28.4. The molecule has 4 heteroatoms. The van der Waals surface area contributed by atoms with Gasteiger partial charge in [0.1, 0.15) is 12.0 Å². The van der Waals surface area contributed by atoms with Crippen molar-refractivity contribution in [2.45, 2.75) is 25.4 Å². The summed E-state index contributed by atoms with van der Waals surface area (Å²) in [5.74, 6) is 1.52. The molecule has 51 heavy (non-hydrogen) atoms. The van der Waals surface area contributed by atoms with Crippen molar-refractivity contribution >= 4 is 22.4 Å². The quantitative estimate of drug-likeness (QED) is 0.201. The average Bonchev–Trinajstić information content (AvgIpc) is 3.43. The van der Waals surface area contributed by atoms with Crippen LogP contribution < -0.4 is 5.32 Å². The van der Waals surface area contributed by atoms with Gasteiger partial charge in [0.25, 0.3) is 0 Å². The molecule has 0 fully saturated rings. The third-order valence-corrected chi connectivity index (χ3v) is 10.4. The fraction of sp³-hybridized carbons (Fsp3) is 0.0851. The predicted octanol–water partition coefficient (Wildman–Crippen LogP) is 10.8. The second kappa shape index (κ2) is 12.1. The number of nitrogens with zero attached hydrogens (tertiary/aromatic N) is 3. The van der Waals surface area contributed by atoms with E-state index >= 15 is 0 Å². The first-order valence-corrected chi connectivity index (χ1v) is 17.3. The zero-order valence-corrected chi connectivity index (χ0v) is 28.4. The highest BCUT2D eigenvalue weighted by Crippen LogP contribution is 2.52. The summed E-state index contributed by atoms with van der Waals surface area (Å²) in [4.78, 5) is 10.1. The van der Waals surface area contributed by atoms with E-state index in [2.05, 4.69) is 140 Å². The van der Waals surface area contributed by atoms with Crippen molar-refractivity contribution in [2.24, 2.45) is 9.98 Å². The van der Waals surface area contributed by atoms with Gasteiger partial charge in [0.2, 0.25) is 0 Å². The molecule has 0 saturated heterocycles. The standard InChI is InChI=1S/C47H34N4/c1-47(2)41-19-11-18-36(43(41)40-25-20-30(29-48)28-42(40)47)32-23-21-31(22-24-32)35-26-27-39(38-17-10-9-16-37(35)38)46-50-44(33-12-5-3-6-13-33)49-45(51-46)34-14-7-4-8-15-34/h3-28,46H,1-2H3,(H,49,50,51). The van der Waals surface area contributed by atoms with Gasteiger partial charge in [-0.1, -0.05) is 159 Å². The molecule has 4 nitrogen and oxygen atoms in total. The number of hydrogen-bond acceptors (Lipinski definition) is 4. The predicted molar refractivity (Wildman–Crippen MR) is 209 cm³/mol. The Morgan fingerprint density at radius 3 is 1.94 bits per heavy atom. The van der Waals surface area contributed by atoms with Gasteiger partial charge in [0, 0.05) is 22.1 Å². The largest absolute Gasteiger partial charge is 0.344 e. The summed E-state index contributed by atoms with van der Waals surface area (Å²) < 4.78 is 0. The van der Waals surface area contributed by atoms with Crippen LogP contribution in [0.4, 0.5) is 0 Å². The normalized spacial score (nSPS) is 15.6. The lowest BCUT2D eigenvalue weighted by atomic mass is 9.81. The Kier molecular flexibility index (Phi) is 7.22. The van der Waals surface area contributed by atoms with E-state index < -0.39 is 0 Å². The summed E-state index contributed by atoms with van der Waals surface area (Å²) in [6.45, 7) is 4.51. The highest BCUT2D eigenvalue weighted by atomic mass is 15.2. The molecular formula is C47H34N4. The molecular weight excluding hydrogens is 621 g/mol. The van der Waals surface area contributed by atoms with Crippen LogP contribution >= 0.6 is 0 Å². The van der Waals surface area contributed by atoms with Crippen LogP contribution in [0.5, 0.6) is 0 Å². The van der Waals surface area contributed by atoms with E-state index in [-0.39, 0.29) is 11.6 Å². The molecule has 0 bridgehead atoms. The van der Waals surface area contributed by atoms with Crippen LogP contribution in [-0.2, 0) is 5.41 Å². The number of amidine groups is 2. The molecule has 0 amide bonds. The van der Waals surface area contributed by atoms with Gasteiger partial charge < -0.3 is 5.32 Å². The Morgan fingerprint density at radius 1 is 0.569 bits per heavy atom. The minimum atomic E-state index is -0.314. The van der Waals surface area contributed by atoms with Crippen LogP contribution in [0.1, 0.15) is 53.4 Å². The van der Waals surface area contributed by atoms with E-state index in [1.165, 1.54) is 44.3 Å². The second-order valence-electron chi connectivity index (χ2n) is 13.7. The summed E-state index contributed by atoms with van der Waals surface area (Å²) in [5, 5.41) is 15.6. The van der Waals surface area contributed by atoms with Crippen molar-refractivity contribution in [1.29, 1.82) is 5.26 Å². The molecule has 0 aromatic heterocycles. The lowest BCUT2D eigenvalue weighted by molar-refractivity contribution is 0.660. The number of rotatable bonds is 5. The number of fused-ring (bicyclic) bond motifs is 4. The van der Waals surface area contributed by atoms with Crippen molar-refractivity contribution in [3.63, 3.8) is 0 Å². The summed E-state index contributed by atoms with van der Waals surface area (Å²) in [6.07, 6.45) is -0.314. The van der Waals surface area contributed by atoms with Crippen LogP contribution in [0.25, 0.3) is 44.2 Å². The van der Waals surface area contributed by atoms with Crippen molar-refractivity contribution in [1.82, 2.24) is 5.32 Å². The summed E-state index contributed by atoms with van der Waals surface area (Å²) >= 11 is 0. The molecule has 242 valence electrons. The summed E-state index contributed by atoms with van der Waals surface area (Å²) in [6, 6.07) is 57.5. The molecule has 9 rings (SSSR count). The Bertz CT molecular complexity index is 2570. The first-order valence-electron chi connectivity index (χ1n) is 17.3. The Hall–Kier alpha value is -6.57. The molecule has 1 aliphatic carbocycles. The number of aliphatic imine (C=N–C) groups is 2. The highest BCUT2D eigenvalue weighted by Gasteiger charge is 2.37. The second-order valence-corrected chi connectivity index (χ2v) is 13.7. The number of nitriles is 1. The SMILES string of the molecule is CC1(C)c2cc(C#N)ccc2-c2c(-c3ccc(-c4ccc(C5N=C(c6ccccc6)N=C(c6ccccc6)N5)c5ccccc45)cc3)cccc21. The van der Waals surface area contributed by atoms with E-state index in [1.807, 2.05) is 42.5 Å². The Balaban J connectivity index is 1.10. The number of hydrogen-bond donors (Lipinski definition) is 1. The topological polar surface area (TPSA) is 60.5 Å². The number of nitrogens with one attached hydrogen (secondary N) is 1. The lowest BCUT2D eigenvalue weighted by Gasteiger charge is -2.25. The lowest BCUT2D eigenvalue weighted by Crippen LogP contribution is -2.33. The van der Waals surface area contributed by atoms with Crippen molar-refractivity contribution in [3.05, 3.63) is 191 Å². The third kappa shape index (κ3) is 5.14. The van der Waals surface area contributed by atoms with Gasteiger partial charge in [-0.15, -0.1) is 0 Å². The zero-order chi connectivity index (χ0) is 34.5. The molecule has 1 heterocycles. The van der Waals surface area contributed by atoms with Gasteiger partial charge in [-0.3, -0.25) is 0 Å². The van der Waals surface area contributed by atoms with Crippen LogP contribution in [0.3, 0.4) is 0 Å². The molecule has 7 aromatic rings. The molecule has 0 saturated carbocycles. The van der Waals surface area contributed by atoms with Gasteiger partial charge in [-0.05, 0) is 67.4 Å². The van der Waals surface area contributed by atoms with Crippen LogP contribution in [0, 0.1) is 11.3 Å². The first kappa shape index (κ1) is 30.5. The molecule has 2 aliphatic rings. The third-order valence-electron chi connectivity index (χ3n) is 10.4. The van der Waals surface area contributed by atoms with E-state index in [4.69, 9.17) is 9.98 Å². The maximum Gasteiger partial charge on any atom is 0.159 e. The molecule has 1 atom stereocenters. The van der Waals surface area contributed by atoms with E-state index in [1.54, 1.807) is 0 Å². The number of benzene rings is 7. The molecule has 1 unspecified atom stereocenters. The van der Waals surface area contributed by atoms with Crippen molar-refractivity contribution in [2.75, 3.05) is 0 Å². The molecule has 7 aromatic carbocycles. The van der Waals surface area contributed by atoms with Crippen LogP contribution in [0.15, 0.2) is 168 Å². The minimum absolute atomic E-state index is 0.180. The molecule has 0 spiro atoms. The van der Waals surface area contributed by atoms with Gasteiger partial charge >= 0.3 is 0 Å². The maximum atomic E-state index is 9.60. The van der Waals surface area contributed by atoms with Crippen molar-refractivity contribution < 1.29 is 0 Å². The fourth-order valence-corrected chi connectivity index (χ4v) is 7.81. The van der Waals surface area contributed by atoms with E-state index in [0.717, 1.165) is 33.5 Å². The van der Waals surface area contributed by atoms with Crippen LogP contribution in [0.2, 0.25) is 0 Å². The smallest absolute Gasteiger partial charge is 0.159 e.